The van der Waals surface area contributed by atoms with E-state index in [4.69, 9.17) is 4.74 Å². The fourth-order valence-electron chi connectivity index (χ4n) is 3.01. The van der Waals surface area contributed by atoms with E-state index in [1.54, 1.807) is 0 Å². The molecule has 110 valence electrons. The van der Waals surface area contributed by atoms with Gasteiger partial charge in [-0.05, 0) is 12.8 Å². The molecule has 0 aliphatic carbocycles. The largest absolute Gasteiger partial charge is 1.00 e. The van der Waals surface area contributed by atoms with E-state index in [0.717, 1.165) is 37.4 Å². The molecule has 0 aromatic heterocycles. The fourth-order valence-corrected chi connectivity index (χ4v) is 3.01. The van der Waals surface area contributed by atoms with E-state index in [1.165, 1.54) is 32.1 Å². The summed E-state index contributed by atoms with van der Waals surface area (Å²) in [6.07, 6.45) is 6.55. The van der Waals surface area contributed by atoms with Crippen LogP contribution < -0.4 is 18.9 Å². The van der Waals surface area contributed by atoms with Crippen LogP contribution in [0.15, 0.2) is 0 Å². The summed E-state index contributed by atoms with van der Waals surface area (Å²) in [5.74, 6) is 2.68. The van der Waals surface area contributed by atoms with Gasteiger partial charge in [-0.15, -0.1) is 0 Å². The van der Waals surface area contributed by atoms with Crippen molar-refractivity contribution < 1.29 is 25.0 Å². The minimum atomic E-state index is 0. The summed E-state index contributed by atoms with van der Waals surface area (Å²) < 4.78 is 4.94. The van der Waals surface area contributed by atoms with Crippen molar-refractivity contribution in [3.8, 4) is 0 Å². The zero-order valence-corrected chi connectivity index (χ0v) is 14.7. The van der Waals surface area contributed by atoms with Crippen LogP contribution in [-0.2, 0) is 4.74 Å². The van der Waals surface area contributed by atoms with Crippen LogP contribution in [0.4, 0.5) is 0 Å². The Kier molecular flexibility index (Phi) is 15.7. The van der Waals surface area contributed by atoms with Gasteiger partial charge < -0.3 is 6.16 Å². The molecule has 0 N–H and O–H groups in total. The van der Waals surface area contributed by atoms with Crippen LogP contribution in [0.2, 0.25) is 17.5 Å². The summed E-state index contributed by atoms with van der Waals surface area (Å²) in [6, 6.07) is 0. The standard InChI is InChI=1S/C12H27B.C4H8O.Li.H/c1-7-10(4)13(11(5)8-2)12(6)9-3;1-2-4-5-3-1;;/h10-12H,7-9H2,1-6H3;1-4H2;;/q;;+1;-1. The second-order valence-electron chi connectivity index (χ2n) is 6.05. The minimum absolute atomic E-state index is 0. The molecule has 1 saturated heterocycles. The molecule has 0 radical (unpaired) electrons. The Labute approximate surface area is 136 Å². The zero-order valence-electron chi connectivity index (χ0n) is 15.7. The molecule has 1 heterocycles. The number of rotatable bonds is 6. The molecule has 0 saturated carbocycles. The normalized spacial score (nSPS) is 18.6. The molecule has 0 aromatic rings. The summed E-state index contributed by atoms with van der Waals surface area (Å²) >= 11 is 0. The van der Waals surface area contributed by atoms with E-state index in [9.17, 15) is 0 Å². The van der Waals surface area contributed by atoms with Crippen LogP contribution in [-0.4, -0.2) is 19.9 Å². The molecule has 3 unspecified atom stereocenters. The first kappa shape index (κ1) is 21.9. The molecule has 1 aliphatic rings. The van der Waals surface area contributed by atoms with Crippen LogP contribution in [0, 0.1) is 0 Å². The van der Waals surface area contributed by atoms with Crippen molar-refractivity contribution in [3.05, 3.63) is 0 Å². The van der Waals surface area contributed by atoms with E-state index in [-0.39, 0.29) is 20.3 Å². The van der Waals surface area contributed by atoms with Gasteiger partial charge in [0.1, 0.15) is 6.71 Å². The quantitative estimate of drug-likeness (QED) is 0.669. The average Bonchev–Trinajstić information content (AvgIpc) is 2.97. The molecule has 3 heteroatoms. The monoisotopic (exact) mass is 262 g/mol. The first-order chi connectivity index (χ1) is 8.58. The number of ether oxygens (including phenoxy) is 1. The van der Waals surface area contributed by atoms with Crippen molar-refractivity contribution in [2.75, 3.05) is 13.2 Å². The van der Waals surface area contributed by atoms with Gasteiger partial charge in [-0.3, -0.25) is 0 Å². The van der Waals surface area contributed by atoms with Gasteiger partial charge in [0.15, 0.2) is 0 Å². The Morgan fingerprint density at radius 3 is 1.32 bits per heavy atom. The van der Waals surface area contributed by atoms with Gasteiger partial charge >= 0.3 is 18.9 Å². The third-order valence-corrected chi connectivity index (χ3v) is 4.73. The zero-order chi connectivity index (χ0) is 14.0. The SMILES string of the molecule is C1CCOC1.CCC(C)B(C(C)CC)C(C)CC.[H-].[Li+]. The Balaban J connectivity index is -0.000000348. The van der Waals surface area contributed by atoms with Crippen molar-refractivity contribution in [1.82, 2.24) is 0 Å². The molecular formula is C16H36BLiO. The van der Waals surface area contributed by atoms with Crippen LogP contribution in [0.3, 0.4) is 0 Å². The smallest absolute Gasteiger partial charge is 1.00 e. The molecule has 19 heavy (non-hydrogen) atoms. The van der Waals surface area contributed by atoms with E-state index >= 15 is 0 Å². The van der Waals surface area contributed by atoms with Gasteiger partial charge in [0.25, 0.3) is 0 Å². The summed E-state index contributed by atoms with van der Waals surface area (Å²) in [4.78, 5) is 0. The molecule has 3 atom stereocenters. The van der Waals surface area contributed by atoms with Crippen molar-refractivity contribution in [2.24, 2.45) is 0 Å². The van der Waals surface area contributed by atoms with Gasteiger partial charge in [-0.25, -0.2) is 0 Å². The predicted octanol–water partition coefficient (Wildman–Crippen LogP) is 2.79. The topological polar surface area (TPSA) is 9.23 Å². The summed E-state index contributed by atoms with van der Waals surface area (Å²) in [5.41, 5.74) is 0. The maximum atomic E-state index is 4.94. The molecule has 1 aliphatic heterocycles. The van der Waals surface area contributed by atoms with Crippen LogP contribution in [0.1, 0.15) is 75.1 Å². The van der Waals surface area contributed by atoms with E-state index < -0.39 is 0 Å². The van der Waals surface area contributed by atoms with Crippen LogP contribution in [0.5, 0.6) is 0 Å². The first-order valence-corrected chi connectivity index (χ1v) is 8.16. The van der Waals surface area contributed by atoms with Crippen LogP contribution >= 0.6 is 0 Å². The Morgan fingerprint density at radius 2 is 1.16 bits per heavy atom. The molecule has 0 spiro atoms. The maximum absolute atomic E-state index is 4.94. The van der Waals surface area contributed by atoms with E-state index in [2.05, 4.69) is 41.5 Å². The van der Waals surface area contributed by atoms with Crippen molar-refractivity contribution in [1.29, 1.82) is 0 Å². The molecular weight excluding hydrogens is 226 g/mol. The Hall–Kier alpha value is 0.622. The van der Waals surface area contributed by atoms with Crippen molar-refractivity contribution in [2.45, 2.75) is 91.1 Å². The van der Waals surface area contributed by atoms with Gasteiger partial charge in [-0.2, -0.15) is 0 Å². The van der Waals surface area contributed by atoms with Gasteiger partial charge in [-0.1, -0.05) is 78.3 Å². The van der Waals surface area contributed by atoms with Crippen molar-refractivity contribution in [3.63, 3.8) is 0 Å². The molecule has 0 aromatic carbocycles. The second kappa shape index (κ2) is 13.6. The summed E-state index contributed by atoms with van der Waals surface area (Å²) in [6.45, 7) is 17.2. The molecule has 0 bridgehead atoms. The molecule has 1 rings (SSSR count). The molecule has 1 fully saturated rings. The minimum Gasteiger partial charge on any atom is -1.00 e. The van der Waals surface area contributed by atoms with E-state index in [0.29, 0.717) is 0 Å². The predicted molar refractivity (Wildman–Crippen MR) is 86.1 cm³/mol. The van der Waals surface area contributed by atoms with E-state index in [1.807, 2.05) is 0 Å². The fraction of sp³-hybridized carbons (Fsp3) is 1.00. The van der Waals surface area contributed by atoms with Gasteiger partial charge in [0.05, 0.1) is 0 Å². The number of hydrogen-bond donors (Lipinski definition) is 0. The third kappa shape index (κ3) is 9.22. The van der Waals surface area contributed by atoms with Gasteiger partial charge in [0, 0.05) is 13.2 Å². The summed E-state index contributed by atoms with van der Waals surface area (Å²) in [5, 5.41) is 0. The van der Waals surface area contributed by atoms with Gasteiger partial charge in [0.2, 0.25) is 0 Å². The second-order valence-corrected chi connectivity index (χ2v) is 6.05. The third-order valence-electron chi connectivity index (χ3n) is 4.73. The van der Waals surface area contributed by atoms with Crippen molar-refractivity contribution >= 4 is 6.71 Å². The maximum Gasteiger partial charge on any atom is 1.00 e. The number of hydrogen-bond acceptors (Lipinski definition) is 1. The average molecular weight is 262 g/mol. The molecule has 1 nitrogen and oxygen atoms in total. The van der Waals surface area contributed by atoms with Crippen LogP contribution in [0.25, 0.3) is 0 Å². The first-order valence-electron chi connectivity index (χ1n) is 8.16. The Bertz CT molecular complexity index is 160. The molecule has 0 amide bonds. The Morgan fingerprint density at radius 1 is 0.842 bits per heavy atom. The summed E-state index contributed by atoms with van der Waals surface area (Å²) in [7, 11) is 0.